The minimum Gasteiger partial charge on any atom is -0.323 e. The van der Waals surface area contributed by atoms with Crippen LogP contribution >= 0.6 is 0 Å². The average Bonchev–Trinajstić information content (AvgIpc) is 2.97. The number of rotatable bonds is 4. The molecule has 0 amide bonds. The Morgan fingerprint density at radius 1 is 1.00 bits per heavy atom. The summed E-state index contributed by atoms with van der Waals surface area (Å²) in [6, 6.07) is 12.6. The fourth-order valence-electron chi connectivity index (χ4n) is 2.18. The quantitative estimate of drug-likeness (QED) is 0.790. The molecule has 112 valence electrons. The summed E-state index contributed by atoms with van der Waals surface area (Å²) in [7, 11) is 0. The maximum Gasteiger partial charge on any atom is 0.246 e. The zero-order chi connectivity index (χ0) is 15.5. The predicted octanol–water partition coefficient (Wildman–Crippen LogP) is 3.97. The number of anilines is 2. The van der Waals surface area contributed by atoms with E-state index in [1.165, 1.54) is 5.56 Å². The Balaban J connectivity index is 1.76. The number of aryl methyl sites for hydroxylation is 1. The Morgan fingerprint density at radius 2 is 1.77 bits per heavy atom. The molecule has 0 fully saturated rings. The van der Waals surface area contributed by atoms with Crippen molar-refractivity contribution >= 4 is 11.6 Å². The van der Waals surface area contributed by atoms with Gasteiger partial charge in [0.2, 0.25) is 5.95 Å². The summed E-state index contributed by atoms with van der Waals surface area (Å²) in [5.41, 5.74) is 4.32. The number of nitrogens with one attached hydrogen (secondary N) is 1. The van der Waals surface area contributed by atoms with Gasteiger partial charge in [0, 0.05) is 23.6 Å². The molecule has 0 atom stereocenters. The van der Waals surface area contributed by atoms with E-state index in [1.807, 2.05) is 36.0 Å². The second kappa shape index (κ2) is 5.97. The normalized spacial score (nSPS) is 10.9. The first-order valence-corrected chi connectivity index (χ1v) is 7.33. The lowest BCUT2D eigenvalue weighted by Gasteiger charge is -2.06. The van der Waals surface area contributed by atoms with Crippen molar-refractivity contribution in [1.29, 1.82) is 0 Å². The molecule has 1 N–H and O–H groups in total. The van der Waals surface area contributed by atoms with Crippen molar-refractivity contribution < 1.29 is 0 Å². The molecule has 22 heavy (non-hydrogen) atoms. The molecule has 0 aliphatic rings. The summed E-state index contributed by atoms with van der Waals surface area (Å²) in [6.45, 7) is 6.14. The number of nitrogens with zero attached hydrogens (tertiary/aromatic N) is 4. The molecule has 0 saturated heterocycles. The van der Waals surface area contributed by atoms with Gasteiger partial charge in [0.25, 0.3) is 0 Å². The Hall–Kier alpha value is -2.69. The molecule has 2 heterocycles. The maximum absolute atomic E-state index is 4.38. The Kier molecular flexibility index (Phi) is 3.87. The van der Waals surface area contributed by atoms with E-state index < -0.39 is 0 Å². The highest BCUT2D eigenvalue weighted by atomic mass is 15.4. The van der Waals surface area contributed by atoms with E-state index in [-0.39, 0.29) is 0 Å². The van der Waals surface area contributed by atoms with Crippen LogP contribution in [0, 0.1) is 6.92 Å². The molecule has 0 unspecified atom stereocenters. The van der Waals surface area contributed by atoms with Gasteiger partial charge in [-0.05, 0) is 56.2 Å². The highest BCUT2D eigenvalue weighted by Crippen LogP contribution is 2.22. The van der Waals surface area contributed by atoms with Gasteiger partial charge in [-0.1, -0.05) is 12.1 Å². The molecular weight excluding hydrogens is 274 g/mol. The van der Waals surface area contributed by atoms with Crippen LogP contribution in [-0.2, 0) is 0 Å². The standard InChI is InChI=1S/C17H19N5/c1-12(2)22-11-19-17(21-22)20-16-6-4-14(5-7-16)15-8-9-18-13(3)10-15/h4-12H,1-3H3,(H,20,21). The van der Waals surface area contributed by atoms with Gasteiger partial charge in [-0.2, -0.15) is 0 Å². The van der Waals surface area contributed by atoms with Crippen molar-refractivity contribution in [3.8, 4) is 11.1 Å². The fourth-order valence-corrected chi connectivity index (χ4v) is 2.18. The predicted molar refractivity (Wildman–Crippen MR) is 88.1 cm³/mol. The van der Waals surface area contributed by atoms with E-state index in [0.717, 1.165) is 16.9 Å². The molecule has 0 radical (unpaired) electrons. The van der Waals surface area contributed by atoms with Crippen molar-refractivity contribution in [1.82, 2.24) is 19.7 Å². The number of benzene rings is 1. The summed E-state index contributed by atoms with van der Waals surface area (Å²) in [6.07, 6.45) is 3.57. The van der Waals surface area contributed by atoms with E-state index >= 15 is 0 Å². The minimum absolute atomic E-state index is 0.306. The summed E-state index contributed by atoms with van der Waals surface area (Å²) < 4.78 is 1.83. The topological polar surface area (TPSA) is 55.6 Å². The van der Waals surface area contributed by atoms with Crippen LogP contribution in [0.1, 0.15) is 25.6 Å². The van der Waals surface area contributed by atoms with Crippen molar-refractivity contribution in [3.05, 3.63) is 54.6 Å². The van der Waals surface area contributed by atoms with Gasteiger partial charge in [-0.3, -0.25) is 4.98 Å². The van der Waals surface area contributed by atoms with E-state index in [4.69, 9.17) is 0 Å². The minimum atomic E-state index is 0.306. The number of pyridine rings is 1. The first-order valence-electron chi connectivity index (χ1n) is 7.33. The molecule has 5 nitrogen and oxygen atoms in total. The number of hydrogen-bond acceptors (Lipinski definition) is 4. The fraction of sp³-hybridized carbons (Fsp3) is 0.235. The maximum atomic E-state index is 4.38. The lowest BCUT2D eigenvalue weighted by molar-refractivity contribution is 0.532. The molecule has 3 aromatic rings. The van der Waals surface area contributed by atoms with Crippen LogP contribution < -0.4 is 5.32 Å². The van der Waals surface area contributed by atoms with E-state index in [1.54, 1.807) is 6.33 Å². The summed E-state index contributed by atoms with van der Waals surface area (Å²) in [4.78, 5) is 8.48. The van der Waals surface area contributed by atoms with Crippen molar-refractivity contribution in [2.75, 3.05) is 5.32 Å². The average molecular weight is 293 g/mol. The van der Waals surface area contributed by atoms with Crippen LogP contribution in [0.2, 0.25) is 0 Å². The smallest absolute Gasteiger partial charge is 0.246 e. The van der Waals surface area contributed by atoms with Crippen LogP contribution in [0.25, 0.3) is 11.1 Å². The molecule has 0 aliphatic carbocycles. The third kappa shape index (κ3) is 3.14. The van der Waals surface area contributed by atoms with Crippen LogP contribution in [0.15, 0.2) is 48.9 Å². The highest BCUT2D eigenvalue weighted by Gasteiger charge is 2.04. The third-order valence-electron chi connectivity index (χ3n) is 3.41. The van der Waals surface area contributed by atoms with Gasteiger partial charge in [0.05, 0.1) is 0 Å². The summed E-state index contributed by atoms with van der Waals surface area (Å²) in [5.74, 6) is 0.612. The molecule has 0 saturated carbocycles. The number of aromatic nitrogens is 4. The second-order valence-electron chi connectivity index (χ2n) is 5.53. The zero-order valence-corrected chi connectivity index (χ0v) is 13.0. The summed E-state index contributed by atoms with van der Waals surface area (Å²) in [5, 5.41) is 7.60. The summed E-state index contributed by atoms with van der Waals surface area (Å²) >= 11 is 0. The second-order valence-corrected chi connectivity index (χ2v) is 5.53. The van der Waals surface area contributed by atoms with Crippen LogP contribution in [0.4, 0.5) is 11.6 Å². The van der Waals surface area contributed by atoms with Gasteiger partial charge >= 0.3 is 0 Å². The van der Waals surface area contributed by atoms with Gasteiger partial charge in [-0.25, -0.2) is 9.67 Å². The largest absolute Gasteiger partial charge is 0.323 e. The third-order valence-corrected chi connectivity index (χ3v) is 3.41. The monoisotopic (exact) mass is 293 g/mol. The molecule has 0 bridgehead atoms. The van der Waals surface area contributed by atoms with E-state index in [9.17, 15) is 0 Å². The molecule has 1 aromatic carbocycles. The Bertz CT molecular complexity index is 759. The molecule has 2 aromatic heterocycles. The molecule has 0 aliphatic heterocycles. The van der Waals surface area contributed by atoms with Crippen molar-refractivity contribution in [3.63, 3.8) is 0 Å². The van der Waals surface area contributed by atoms with Crippen molar-refractivity contribution in [2.45, 2.75) is 26.8 Å². The van der Waals surface area contributed by atoms with E-state index in [0.29, 0.717) is 12.0 Å². The number of hydrogen-bond donors (Lipinski definition) is 1. The molecule has 0 spiro atoms. The van der Waals surface area contributed by atoms with Crippen LogP contribution in [0.5, 0.6) is 0 Å². The molecular formula is C17H19N5. The Morgan fingerprint density at radius 3 is 2.41 bits per heavy atom. The van der Waals surface area contributed by atoms with E-state index in [2.05, 4.69) is 52.4 Å². The first kappa shape index (κ1) is 14.3. The lowest BCUT2D eigenvalue weighted by Crippen LogP contribution is -2.01. The van der Waals surface area contributed by atoms with Crippen molar-refractivity contribution in [2.24, 2.45) is 0 Å². The van der Waals surface area contributed by atoms with Crippen LogP contribution in [-0.4, -0.2) is 19.7 Å². The Labute approximate surface area is 130 Å². The van der Waals surface area contributed by atoms with Gasteiger partial charge in [0.15, 0.2) is 0 Å². The first-order chi connectivity index (χ1) is 10.6. The molecule has 5 heteroatoms. The zero-order valence-electron chi connectivity index (χ0n) is 13.0. The van der Waals surface area contributed by atoms with Crippen LogP contribution in [0.3, 0.4) is 0 Å². The molecule has 3 rings (SSSR count). The SMILES string of the molecule is Cc1cc(-c2ccc(Nc3ncn(C(C)C)n3)cc2)ccn1. The highest BCUT2D eigenvalue weighted by molar-refractivity contribution is 5.67. The van der Waals surface area contributed by atoms with Gasteiger partial charge < -0.3 is 5.32 Å². The lowest BCUT2D eigenvalue weighted by atomic mass is 10.1. The van der Waals surface area contributed by atoms with Gasteiger partial charge in [-0.15, -0.1) is 5.10 Å². The van der Waals surface area contributed by atoms with Gasteiger partial charge in [0.1, 0.15) is 6.33 Å².